The highest BCUT2D eigenvalue weighted by atomic mass is 16.1. The molecular formula is C18H12N2O. The molecule has 0 saturated heterocycles. The van der Waals surface area contributed by atoms with Gasteiger partial charge in [-0.05, 0) is 17.7 Å². The molecule has 0 unspecified atom stereocenters. The van der Waals surface area contributed by atoms with Crippen molar-refractivity contribution in [3.05, 3.63) is 83.3 Å². The van der Waals surface area contributed by atoms with Crippen LogP contribution in [0.15, 0.2) is 77.7 Å². The molecule has 0 spiro atoms. The summed E-state index contributed by atoms with van der Waals surface area (Å²) in [6.45, 7) is 0. The zero-order valence-corrected chi connectivity index (χ0v) is 11.2. The van der Waals surface area contributed by atoms with E-state index in [2.05, 4.69) is 5.10 Å². The molecule has 0 bridgehead atoms. The Bertz CT molecular complexity index is 1000. The third kappa shape index (κ3) is 1.82. The first-order valence-corrected chi connectivity index (χ1v) is 6.80. The van der Waals surface area contributed by atoms with Crippen LogP contribution in [0, 0.1) is 0 Å². The summed E-state index contributed by atoms with van der Waals surface area (Å²) in [7, 11) is 0. The fraction of sp³-hybridized carbons (Fsp3) is 0. The molecule has 4 aromatic rings. The first-order valence-electron chi connectivity index (χ1n) is 6.80. The molecule has 2 heterocycles. The maximum atomic E-state index is 12.7. The highest BCUT2D eigenvalue weighted by Crippen LogP contribution is 2.20. The predicted molar refractivity (Wildman–Crippen MR) is 84.4 cm³/mol. The smallest absolute Gasteiger partial charge is 0.267 e. The van der Waals surface area contributed by atoms with Crippen LogP contribution in [0.1, 0.15) is 0 Å². The van der Waals surface area contributed by atoms with Crippen LogP contribution in [-0.2, 0) is 0 Å². The lowest BCUT2D eigenvalue weighted by Crippen LogP contribution is -2.17. The first kappa shape index (κ1) is 11.9. The minimum atomic E-state index is -0.0931. The van der Waals surface area contributed by atoms with Gasteiger partial charge in [0.1, 0.15) is 0 Å². The van der Waals surface area contributed by atoms with Gasteiger partial charge in [0.05, 0.1) is 11.7 Å². The summed E-state index contributed by atoms with van der Waals surface area (Å²) in [6, 6.07) is 21.4. The lowest BCUT2D eigenvalue weighted by molar-refractivity contribution is 0.900. The van der Waals surface area contributed by atoms with Gasteiger partial charge in [-0.1, -0.05) is 54.6 Å². The van der Waals surface area contributed by atoms with Crippen molar-refractivity contribution in [2.75, 3.05) is 0 Å². The molecule has 0 aliphatic heterocycles. The van der Waals surface area contributed by atoms with Crippen LogP contribution < -0.4 is 5.56 Å². The van der Waals surface area contributed by atoms with E-state index in [1.807, 2.05) is 66.7 Å². The molecule has 4 rings (SSSR count). The van der Waals surface area contributed by atoms with E-state index in [0.29, 0.717) is 5.56 Å². The third-order valence-corrected chi connectivity index (χ3v) is 3.69. The molecule has 0 atom stereocenters. The van der Waals surface area contributed by atoms with Crippen molar-refractivity contribution in [2.45, 2.75) is 0 Å². The standard InChI is InChI=1S/C18H12N2O/c21-18-16(13-6-2-1-3-7-13)10-11-17-15-9-5-4-8-14(15)12-19-20(17)18/h1-12H. The summed E-state index contributed by atoms with van der Waals surface area (Å²) in [4.78, 5) is 12.7. The van der Waals surface area contributed by atoms with E-state index < -0.39 is 0 Å². The molecule has 0 aliphatic carbocycles. The number of nitrogens with zero attached hydrogens (tertiary/aromatic N) is 2. The molecule has 0 aliphatic rings. The normalized spacial score (nSPS) is 11.0. The van der Waals surface area contributed by atoms with Crippen LogP contribution in [0.3, 0.4) is 0 Å². The minimum absolute atomic E-state index is 0.0931. The van der Waals surface area contributed by atoms with Gasteiger partial charge in [0.2, 0.25) is 0 Å². The quantitative estimate of drug-likeness (QED) is 0.497. The van der Waals surface area contributed by atoms with Crippen molar-refractivity contribution in [3.63, 3.8) is 0 Å². The number of benzene rings is 2. The van der Waals surface area contributed by atoms with Gasteiger partial charge in [-0.2, -0.15) is 9.61 Å². The molecule has 3 nitrogen and oxygen atoms in total. The zero-order chi connectivity index (χ0) is 14.2. The number of hydrogen-bond acceptors (Lipinski definition) is 2. The molecule has 0 N–H and O–H groups in total. The van der Waals surface area contributed by atoms with Gasteiger partial charge in [-0.15, -0.1) is 0 Å². The topological polar surface area (TPSA) is 34.4 Å². The number of pyridine rings is 1. The van der Waals surface area contributed by atoms with E-state index in [0.717, 1.165) is 21.9 Å². The molecule has 2 aromatic carbocycles. The maximum absolute atomic E-state index is 12.7. The van der Waals surface area contributed by atoms with Gasteiger partial charge in [-0.25, -0.2) is 0 Å². The SMILES string of the molecule is O=c1c(-c2ccccc2)ccc2c3ccccc3cnn12. The number of fused-ring (bicyclic) bond motifs is 3. The van der Waals surface area contributed by atoms with Crippen molar-refractivity contribution < 1.29 is 0 Å². The fourth-order valence-corrected chi connectivity index (χ4v) is 2.65. The molecule has 0 radical (unpaired) electrons. The van der Waals surface area contributed by atoms with Crippen molar-refractivity contribution in [3.8, 4) is 11.1 Å². The third-order valence-electron chi connectivity index (χ3n) is 3.69. The summed E-state index contributed by atoms with van der Waals surface area (Å²) in [5.74, 6) is 0. The van der Waals surface area contributed by atoms with Gasteiger partial charge < -0.3 is 0 Å². The van der Waals surface area contributed by atoms with Gasteiger partial charge in [-0.3, -0.25) is 4.79 Å². The number of hydrogen-bond donors (Lipinski definition) is 0. The second-order valence-corrected chi connectivity index (χ2v) is 4.95. The Morgan fingerprint density at radius 1 is 0.810 bits per heavy atom. The summed E-state index contributed by atoms with van der Waals surface area (Å²) < 4.78 is 1.48. The summed E-state index contributed by atoms with van der Waals surface area (Å²) in [6.07, 6.45) is 1.73. The average molecular weight is 272 g/mol. The molecule has 0 amide bonds. The van der Waals surface area contributed by atoms with Gasteiger partial charge in [0.15, 0.2) is 0 Å². The van der Waals surface area contributed by atoms with Crippen LogP contribution in [0.4, 0.5) is 0 Å². The van der Waals surface area contributed by atoms with Crippen molar-refractivity contribution in [2.24, 2.45) is 0 Å². The summed E-state index contributed by atoms with van der Waals surface area (Å²) in [5, 5.41) is 6.36. The Balaban J connectivity index is 2.09. The lowest BCUT2D eigenvalue weighted by Gasteiger charge is -2.06. The molecule has 0 fully saturated rings. The van der Waals surface area contributed by atoms with Crippen LogP contribution in [0.5, 0.6) is 0 Å². The van der Waals surface area contributed by atoms with E-state index in [1.54, 1.807) is 6.20 Å². The maximum Gasteiger partial charge on any atom is 0.279 e. The first-order chi connectivity index (χ1) is 10.3. The number of aromatic nitrogens is 2. The fourth-order valence-electron chi connectivity index (χ4n) is 2.65. The monoisotopic (exact) mass is 272 g/mol. The zero-order valence-electron chi connectivity index (χ0n) is 11.2. The molecule has 0 saturated carbocycles. The second kappa shape index (κ2) is 4.56. The van der Waals surface area contributed by atoms with Crippen molar-refractivity contribution >= 4 is 16.3 Å². The Morgan fingerprint density at radius 2 is 1.57 bits per heavy atom. The Hall–Kier alpha value is -2.94. The molecule has 21 heavy (non-hydrogen) atoms. The molecule has 3 heteroatoms. The predicted octanol–water partition coefficient (Wildman–Crippen LogP) is 3.51. The van der Waals surface area contributed by atoms with Crippen LogP contribution in [-0.4, -0.2) is 9.61 Å². The summed E-state index contributed by atoms with van der Waals surface area (Å²) >= 11 is 0. The number of rotatable bonds is 1. The van der Waals surface area contributed by atoms with E-state index in [9.17, 15) is 4.79 Å². The summed E-state index contributed by atoms with van der Waals surface area (Å²) in [5.41, 5.74) is 2.31. The van der Waals surface area contributed by atoms with Crippen LogP contribution in [0.2, 0.25) is 0 Å². The van der Waals surface area contributed by atoms with E-state index in [-0.39, 0.29) is 5.56 Å². The molecule has 2 aromatic heterocycles. The molecular weight excluding hydrogens is 260 g/mol. The van der Waals surface area contributed by atoms with Crippen molar-refractivity contribution in [1.82, 2.24) is 9.61 Å². The lowest BCUT2D eigenvalue weighted by atomic mass is 10.1. The second-order valence-electron chi connectivity index (χ2n) is 4.95. The highest BCUT2D eigenvalue weighted by Gasteiger charge is 2.08. The van der Waals surface area contributed by atoms with Gasteiger partial charge in [0.25, 0.3) is 5.56 Å². The van der Waals surface area contributed by atoms with Gasteiger partial charge in [0, 0.05) is 16.3 Å². The Labute approximate surface area is 121 Å². The van der Waals surface area contributed by atoms with Gasteiger partial charge >= 0.3 is 0 Å². The van der Waals surface area contributed by atoms with E-state index in [4.69, 9.17) is 0 Å². The Kier molecular flexibility index (Phi) is 2.57. The van der Waals surface area contributed by atoms with Crippen molar-refractivity contribution in [1.29, 1.82) is 0 Å². The largest absolute Gasteiger partial charge is 0.279 e. The van der Waals surface area contributed by atoms with Crippen LogP contribution in [0.25, 0.3) is 27.4 Å². The molecule has 100 valence electrons. The van der Waals surface area contributed by atoms with Crippen LogP contribution >= 0.6 is 0 Å². The average Bonchev–Trinajstić information content (AvgIpc) is 2.56. The minimum Gasteiger partial charge on any atom is -0.267 e. The van der Waals surface area contributed by atoms with E-state index >= 15 is 0 Å². The Morgan fingerprint density at radius 3 is 2.43 bits per heavy atom. The van der Waals surface area contributed by atoms with E-state index in [1.165, 1.54) is 4.52 Å². The highest BCUT2D eigenvalue weighted by molar-refractivity contribution is 5.95.